The monoisotopic (exact) mass is 412 g/mol. The number of piperazine rings is 1. The van der Waals surface area contributed by atoms with Gasteiger partial charge in [-0.3, -0.25) is 9.80 Å². The summed E-state index contributed by atoms with van der Waals surface area (Å²) in [5, 5.41) is 4.24. The lowest BCUT2D eigenvalue weighted by atomic mass is 9.95. The Labute approximate surface area is 175 Å². The fourth-order valence-electron chi connectivity index (χ4n) is 4.36. The summed E-state index contributed by atoms with van der Waals surface area (Å²) >= 11 is 1.67. The summed E-state index contributed by atoms with van der Waals surface area (Å²) in [6.45, 7) is 6.93. The van der Waals surface area contributed by atoms with Crippen molar-refractivity contribution in [1.82, 2.24) is 9.80 Å². The molecule has 1 aliphatic rings. The van der Waals surface area contributed by atoms with E-state index in [2.05, 4.69) is 40.5 Å². The molecule has 5 heteroatoms. The molecule has 0 N–H and O–H groups in total. The van der Waals surface area contributed by atoms with E-state index in [1.165, 1.54) is 17.7 Å². The van der Waals surface area contributed by atoms with Crippen LogP contribution in [0.5, 0.6) is 0 Å². The molecule has 1 fully saturated rings. The second-order valence-electron chi connectivity index (χ2n) is 7.97. The van der Waals surface area contributed by atoms with Gasteiger partial charge in [0.15, 0.2) is 0 Å². The van der Waals surface area contributed by atoms with Crippen LogP contribution in [-0.4, -0.2) is 35.0 Å². The van der Waals surface area contributed by atoms with Crippen LogP contribution in [0.2, 0.25) is 0 Å². The van der Waals surface area contributed by atoms with E-state index in [1.54, 1.807) is 35.6 Å². The summed E-state index contributed by atoms with van der Waals surface area (Å²) in [4.78, 5) is 4.88. The Morgan fingerprint density at radius 3 is 2.38 bits per heavy atom. The number of nitrogens with zero attached hydrogens (tertiary/aromatic N) is 2. The van der Waals surface area contributed by atoms with Crippen LogP contribution in [0.15, 0.2) is 65.4 Å². The maximum absolute atomic E-state index is 14.0. The van der Waals surface area contributed by atoms with Gasteiger partial charge in [-0.2, -0.15) is 11.3 Å². The van der Waals surface area contributed by atoms with E-state index in [4.69, 9.17) is 0 Å². The lowest BCUT2D eigenvalue weighted by Crippen LogP contribution is -2.56. The predicted octanol–water partition coefficient (Wildman–Crippen LogP) is 5.71. The Bertz CT molecular complexity index is 944. The molecule has 2 nitrogen and oxygen atoms in total. The minimum atomic E-state index is -0.201. The normalized spacial score (nSPS) is 21.9. The van der Waals surface area contributed by atoms with Crippen molar-refractivity contribution in [2.75, 3.05) is 13.1 Å². The van der Waals surface area contributed by atoms with Gasteiger partial charge in [-0.1, -0.05) is 24.3 Å². The maximum Gasteiger partial charge on any atom is 0.123 e. The molecule has 29 heavy (non-hydrogen) atoms. The van der Waals surface area contributed by atoms with Crippen molar-refractivity contribution in [2.45, 2.75) is 38.5 Å². The van der Waals surface area contributed by atoms with E-state index in [1.807, 2.05) is 12.1 Å². The van der Waals surface area contributed by atoms with Gasteiger partial charge in [-0.15, -0.1) is 0 Å². The maximum atomic E-state index is 14.0. The molecular weight excluding hydrogens is 386 g/mol. The van der Waals surface area contributed by atoms with E-state index >= 15 is 0 Å². The molecule has 1 saturated heterocycles. The molecule has 1 aliphatic heterocycles. The van der Waals surface area contributed by atoms with E-state index in [0.717, 1.165) is 30.8 Å². The molecule has 152 valence electrons. The van der Waals surface area contributed by atoms with E-state index in [-0.39, 0.29) is 23.7 Å². The summed E-state index contributed by atoms with van der Waals surface area (Å²) < 4.78 is 27.6. The fourth-order valence-corrected chi connectivity index (χ4v) is 5.04. The van der Waals surface area contributed by atoms with Crippen LogP contribution in [0.4, 0.5) is 8.78 Å². The molecule has 3 atom stereocenters. The highest BCUT2D eigenvalue weighted by atomic mass is 32.1. The summed E-state index contributed by atoms with van der Waals surface area (Å²) in [5.41, 5.74) is 3.19. The van der Waals surface area contributed by atoms with Crippen LogP contribution in [0.25, 0.3) is 0 Å². The highest BCUT2D eigenvalue weighted by molar-refractivity contribution is 7.08. The average molecular weight is 413 g/mol. The zero-order valence-electron chi connectivity index (χ0n) is 16.8. The van der Waals surface area contributed by atoms with Crippen molar-refractivity contribution >= 4 is 11.3 Å². The standard InChI is InChI=1S/C24H26F2N2S/c1-17-14-28(18(2)13-27(17)15-19-5-3-7-22(25)11-19)24(21-9-10-29-16-21)20-6-4-8-23(26)12-20/h3-12,16-18,24H,13-15H2,1-2H3/t17-,18+,24+/m1/s1. The molecular formula is C24H26F2N2S. The average Bonchev–Trinajstić information content (AvgIpc) is 3.20. The fraction of sp³-hybridized carbons (Fsp3) is 0.333. The first kappa shape index (κ1) is 20.2. The van der Waals surface area contributed by atoms with Crippen molar-refractivity contribution in [3.8, 4) is 0 Å². The van der Waals surface area contributed by atoms with Gasteiger partial charge in [0.25, 0.3) is 0 Å². The van der Waals surface area contributed by atoms with Gasteiger partial charge in [0.2, 0.25) is 0 Å². The van der Waals surface area contributed by atoms with Crippen LogP contribution in [-0.2, 0) is 6.54 Å². The predicted molar refractivity (Wildman–Crippen MR) is 115 cm³/mol. The van der Waals surface area contributed by atoms with Crippen LogP contribution in [0, 0.1) is 11.6 Å². The summed E-state index contributed by atoms with van der Waals surface area (Å²) in [6, 6.07) is 16.6. The third kappa shape index (κ3) is 4.58. The van der Waals surface area contributed by atoms with Crippen molar-refractivity contribution in [1.29, 1.82) is 0 Å². The highest BCUT2D eigenvalue weighted by Crippen LogP contribution is 2.34. The second kappa shape index (κ2) is 8.74. The summed E-state index contributed by atoms with van der Waals surface area (Å²) in [6.07, 6.45) is 0. The number of thiophene rings is 1. The van der Waals surface area contributed by atoms with E-state index in [0.29, 0.717) is 6.04 Å². The Hall–Kier alpha value is -2.08. The number of halogens is 2. The first-order valence-electron chi connectivity index (χ1n) is 10.0. The Morgan fingerprint density at radius 2 is 1.69 bits per heavy atom. The summed E-state index contributed by atoms with van der Waals surface area (Å²) in [5.74, 6) is -0.390. The first-order valence-corrected chi connectivity index (χ1v) is 11.0. The third-order valence-electron chi connectivity index (χ3n) is 5.79. The van der Waals surface area contributed by atoms with Crippen LogP contribution >= 0.6 is 11.3 Å². The summed E-state index contributed by atoms with van der Waals surface area (Å²) in [7, 11) is 0. The Kier molecular flexibility index (Phi) is 6.09. The molecule has 0 aliphatic carbocycles. The molecule has 1 aromatic heterocycles. The topological polar surface area (TPSA) is 6.48 Å². The van der Waals surface area contributed by atoms with Crippen LogP contribution < -0.4 is 0 Å². The van der Waals surface area contributed by atoms with Crippen LogP contribution in [0.1, 0.15) is 36.6 Å². The third-order valence-corrected chi connectivity index (χ3v) is 6.49. The number of rotatable bonds is 5. The molecule has 2 heterocycles. The largest absolute Gasteiger partial charge is 0.294 e. The van der Waals surface area contributed by atoms with Gasteiger partial charge in [-0.05, 0) is 71.6 Å². The molecule has 0 unspecified atom stereocenters. The SMILES string of the molecule is C[C@@H]1CN([C@H](c2ccsc2)c2cccc(F)c2)[C@@H](C)CN1Cc1cccc(F)c1. The molecule has 0 radical (unpaired) electrons. The molecule has 0 bridgehead atoms. The zero-order chi connectivity index (χ0) is 20.4. The second-order valence-corrected chi connectivity index (χ2v) is 8.75. The zero-order valence-corrected chi connectivity index (χ0v) is 17.6. The number of hydrogen-bond donors (Lipinski definition) is 0. The Balaban J connectivity index is 1.57. The highest BCUT2D eigenvalue weighted by Gasteiger charge is 2.35. The van der Waals surface area contributed by atoms with Gasteiger partial charge >= 0.3 is 0 Å². The lowest BCUT2D eigenvalue weighted by molar-refractivity contribution is 0.0195. The number of benzene rings is 2. The molecule has 0 amide bonds. The van der Waals surface area contributed by atoms with Gasteiger partial charge in [0.05, 0.1) is 6.04 Å². The minimum absolute atomic E-state index is 0.0331. The van der Waals surface area contributed by atoms with Crippen LogP contribution in [0.3, 0.4) is 0 Å². The molecule has 0 spiro atoms. The van der Waals surface area contributed by atoms with Crippen molar-refractivity contribution < 1.29 is 8.78 Å². The van der Waals surface area contributed by atoms with E-state index in [9.17, 15) is 8.78 Å². The first-order chi connectivity index (χ1) is 14.0. The quantitative estimate of drug-likeness (QED) is 0.530. The van der Waals surface area contributed by atoms with Gasteiger partial charge in [0.1, 0.15) is 11.6 Å². The van der Waals surface area contributed by atoms with Crippen molar-refractivity contribution in [3.63, 3.8) is 0 Å². The lowest BCUT2D eigenvalue weighted by Gasteiger charge is -2.47. The Morgan fingerprint density at radius 1 is 0.931 bits per heavy atom. The minimum Gasteiger partial charge on any atom is -0.294 e. The molecule has 3 aromatic rings. The van der Waals surface area contributed by atoms with Crippen molar-refractivity contribution in [2.24, 2.45) is 0 Å². The van der Waals surface area contributed by atoms with E-state index < -0.39 is 0 Å². The van der Waals surface area contributed by atoms with Gasteiger partial charge in [0, 0.05) is 31.7 Å². The smallest absolute Gasteiger partial charge is 0.123 e. The molecule has 0 saturated carbocycles. The van der Waals surface area contributed by atoms with Crippen molar-refractivity contribution in [3.05, 3.63) is 93.7 Å². The number of hydrogen-bond acceptors (Lipinski definition) is 3. The molecule has 4 rings (SSSR count). The molecule has 2 aromatic carbocycles. The van der Waals surface area contributed by atoms with Gasteiger partial charge < -0.3 is 0 Å². The van der Waals surface area contributed by atoms with Gasteiger partial charge in [-0.25, -0.2) is 8.78 Å².